The zero-order valence-corrected chi connectivity index (χ0v) is 25.9. The average molecular weight is 591 g/mol. The van der Waals surface area contributed by atoms with Crippen LogP contribution < -0.4 is 14.5 Å². The van der Waals surface area contributed by atoms with Crippen molar-refractivity contribution < 1.29 is 13.9 Å². The third kappa shape index (κ3) is 6.73. The summed E-state index contributed by atoms with van der Waals surface area (Å²) >= 11 is 6.18. The van der Waals surface area contributed by atoms with Crippen LogP contribution in [0.3, 0.4) is 0 Å². The van der Waals surface area contributed by atoms with Crippen molar-refractivity contribution in [3.8, 4) is 5.75 Å². The lowest BCUT2D eigenvalue weighted by atomic mass is 9.99. The Bertz CT molecular complexity index is 1560. The molecule has 2 aromatic heterocycles. The lowest BCUT2D eigenvalue weighted by Crippen LogP contribution is -2.52. The number of rotatable bonds is 9. The number of anilines is 2. The highest BCUT2D eigenvalue weighted by atomic mass is 35.5. The van der Waals surface area contributed by atoms with E-state index < -0.39 is 0 Å². The number of ether oxygens (including phenoxy) is 1. The maximum atomic E-state index is 15.4. The second kappa shape index (κ2) is 12.3. The zero-order chi connectivity index (χ0) is 30.0. The van der Waals surface area contributed by atoms with Gasteiger partial charge in [0.2, 0.25) is 0 Å². The summed E-state index contributed by atoms with van der Waals surface area (Å²) in [5, 5.41) is 0.545. The minimum absolute atomic E-state index is 0.0233. The topological polar surface area (TPSA) is 50.1 Å². The van der Waals surface area contributed by atoms with E-state index in [1.54, 1.807) is 22.7 Å². The Balaban J connectivity index is 1.20. The maximum absolute atomic E-state index is 15.4. The van der Waals surface area contributed by atoms with Gasteiger partial charge >= 0.3 is 0 Å². The van der Waals surface area contributed by atoms with Crippen LogP contribution in [0.15, 0.2) is 60.8 Å². The van der Waals surface area contributed by atoms with Crippen molar-refractivity contribution in [2.75, 3.05) is 36.0 Å². The molecule has 0 amide bonds. The van der Waals surface area contributed by atoms with E-state index in [1.807, 2.05) is 37.3 Å². The molecule has 222 valence electrons. The number of carbonyl (C=O) groups excluding carboxylic acids is 1. The van der Waals surface area contributed by atoms with Crippen LogP contribution in [-0.2, 0) is 12.8 Å². The van der Waals surface area contributed by atoms with Gasteiger partial charge in [-0.15, -0.1) is 0 Å². The molecule has 42 heavy (non-hydrogen) atoms. The van der Waals surface area contributed by atoms with Crippen molar-refractivity contribution in [2.45, 2.75) is 59.9 Å². The van der Waals surface area contributed by atoms with Crippen LogP contribution in [0.25, 0.3) is 5.65 Å². The molecule has 1 atom stereocenters. The molecule has 1 aliphatic rings. The molecule has 4 aromatic rings. The molecule has 6 nitrogen and oxygen atoms in total. The molecule has 0 spiro atoms. The van der Waals surface area contributed by atoms with E-state index in [4.69, 9.17) is 16.3 Å². The Morgan fingerprint density at radius 3 is 2.52 bits per heavy atom. The minimum atomic E-state index is -0.253. The van der Waals surface area contributed by atoms with Crippen molar-refractivity contribution in [3.63, 3.8) is 0 Å². The van der Waals surface area contributed by atoms with E-state index in [0.29, 0.717) is 48.0 Å². The number of piperazine rings is 1. The predicted molar refractivity (Wildman–Crippen MR) is 169 cm³/mol. The molecule has 1 saturated heterocycles. The molecule has 1 aliphatic heterocycles. The van der Waals surface area contributed by atoms with E-state index in [1.165, 1.54) is 0 Å². The molecule has 5 rings (SSSR count). The van der Waals surface area contributed by atoms with Gasteiger partial charge in [0.05, 0.1) is 23.0 Å². The number of carbonyl (C=O) groups is 1. The van der Waals surface area contributed by atoms with Crippen molar-refractivity contribution in [2.24, 2.45) is 5.41 Å². The van der Waals surface area contributed by atoms with Gasteiger partial charge in [0, 0.05) is 44.0 Å². The first-order valence-electron chi connectivity index (χ1n) is 14.7. The fraction of sp³-hybridized carbons (Fsp3) is 0.412. The summed E-state index contributed by atoms with van der Waals surface area (Å²) in [6, 6.07) is 17.4. The molecular formula is C34H40ClFN4O2. The van der Waals surface area contributed by atoms with E-state index in [2.05, 4.69) is 54.6 Å². The van der Waals surface area contributed by atoms with Gasteiger partial charge in [-0.2, -0.15) is 0 Å². The third-order valence-electron chi connectivity index (χ3n) is 7.71. The number of aryl methyl sites for hydroxylation is 2. The Morgan fingerprint density at radius 1 is 1.10 bits per heavy atom. The molecule has 0 aliphatic carbocycles. The maximum Gasteiger partial charge on any atom is 0.181 e. The number of ketones is 1. The largest absolute Gasteiger partial charge is 0.493 e. The molecule has 0 bridgehead atoms. The molecule has 8 heteroatoms. The number of fused-ring (bicyclic) bond motifs is 1. The third-order valence-corrected chi connectivity index (χ3v) is 7.94. The molecular weight excluding hydrogens is 551 g/mol. The Labute approximate surface area is 253 Å². The molecule has 0 radical (unpaired) electrons. The van der Waals surface area contributed by atoms with Gasteiger partial charge in [-0.25, -0.2) is 9.37 Å². The van der Waals surface area contributed by atoms with Gasteiger partial charge < -0.3 is 14.5 Å². The number of imidazole rings is 1. The van der Waals surface area contributed by atoms with Gasteiger partial charge in [0.1, 0.15) is 22.9 Å². The normalized spacial score (nSPS) is 15.8. The van der Waals surface area contributed by atoms with E-state index in [9.17, 15) is 4.79 Å². The zero-order valence-electron chi connectivity index (χ0n) is 25.2. The van der Waals surface area contributed by atoms with Crippen LogP contribution in [0, 0.1) is 11.2 Å². The minimum Gasteiger partial charge on any atom is -0.493 e. The van der Waals surface area contributed by atoms with Gasteiger partial charge in [-0.05, 0) is 79.3 Å². The SMILES string of the molecule is CCc1nc2ccc(Cl)cn2c1C(=O)CCc1ccc(N2CCN(c3ccc(OCC(C)(C)C)cc3)[C@@H](C)C2)c(F)c1. The molecule has 0 unspecified atom stereocenters. The molecule has 0 N–H and O–H groups in total. The van der Waals surface area contributed by atoms with Crippen LogP contribution in [0.5, 0.6) is 5.75 Å². The first kappa shape index (κ1) is 29.9. The highest BCUT2D eigenvalue weighted by molar-refractivity contribution is 6.30. The smallest absolute Gasteiger partial charge is 0.181 e. The molecule has 2 aromatic carbocycles. The first-order chi connectivity index (χ1) is 20.0. The lowest BCUT2D eigenvalue weighted by molar-refractivity contribution is 0.0976. The molecule has 1 fully saturated rings. The van der Waals surface area contributed by atoms with Gasteiger partial charge in [-0.1, -0.05) is 45.4 Å². The number of hydrogen-bond acceptors (Lipinski definition) is 5. The summed E-state index contributed by atoms with van der Waals surface area (Å²) in [5.41, 5.74) is 4.67. The first-order valence-corrected chi connectivity index (χ1v) is 15.1. The lowest BCUT2D eigenvalue weighted by Gasteiger charge is -2.42. The van der Waals surface area contributed by atoms with Crippen molar-refractivity contribution in [1.82, 2.24) is 9.38 Å². The summed E-state index contributed by atoms with van der Waals surface area (Å²) in [6.07, 6.45) is 3.09. The standard InChI is InChI=1S/C34H40ClFN4O2/c1-6-29-33(40-21-25(35)9-16-32(40)37-29)31(41)15-8-24-7-14-30(28(36)19-24)38-17-18-39(23(2)20-38)26-10-12-27(13-11-26)42-22-34(3,4)5/h7,9-14,16,19,21,23H,6,8,15,17-18,20,22H2,1-5H3/t23-/m0/s1. The van der Waals surface area contributed by atoms with Crippen molar-refractivity contribution in [1.29, 1.82) is 0 Å². The van der Waals surface area contributed by atoms with E-state index in [0.717, 1.165) is 35.8 Å². The number of pyridine rings is 1. The number of halogens is 2. The summed E-state index contributed by atoms with van der Waals surface area (Å²) < 4.78 is 23.1. The number of hydrogen-bond donors (Lipinski definition) is 0. The van der Waals surface area contributed by atoms with E-state index >= 15 is 4.39 Å². The second-order valence-electron chi connectivity index (χ2n) is 12.4. The highest BCUT2D eigenvalue weighted by Gasteiger charge is 2.26. The van der Waals surface area contributed by atoms with Crippen molar-refractivity contribution in [3.05, 3.63) is 88.6 Å². The van der Waals surface area contributed by atoms with Gasteiger partial charge in [-0.3, -0.25) is 9.20 Å². The van der Waals surface area contributed by atoms with Crippen LogP contribution in [0.1, 0.15) is 62.8 Å². The number of aromatic nitrogens is 2. The van der Waals surface area contributed by atoms with E-state index in [-0.39, 0.29) is 29.5 Å². The monoisotopic (exact) mass is 590 g/mol. The second-order valence-corrected chi connectivity index (χ2v) is 12.8. The Hall–Kier alpha value is -3.58. The van der Waals surface area contributed by atoms with Crippen LogP contribution in [-0.4, -0.2) is 47.5 Å². The Morgan fingerprint density at radius 2 is 1.86 bits per heavy atom. The van der Waals surface area contributed by atoms with Gasteiger partial charge in [0.25, 0.3) is 0 Å². The van der Waals surface area contributed by atoms with Crippen molar-refractivity contribution >= 4 is 34.4 Å². The van der Waals surface area contributed by atoms with Crippen LogP contribution in [0.2, 0.25) is 5.02 Å². The quantitative estimate of drug-likeness (QED) is 0.187. The summed E-state index contributed by atoms with van der Waals surface area (Å²) in [6.45, 7) is 13.5. The highest BCUT2D eigenvalue weighted by Crippen LogP contribution is 2.29. The summed E-state index contributed by atoms with van der Waals surface area (Å²) in [4.78, 5) is 22.3. The number of benzene rings is 2. The summed E-state index contributed by atoms with van der Waals surface area (Å²) in [7, 11) is 0. The fourth-order valence-electron chi connectivity index (χ4n) is 5.54. The van der Waals surface area contributed by atoms with Crippen LogP contribution in [0.4, 0.5) is 15.8 Å². The Kier molecular flexibility index (Phi) is 8.78. The fourth-order valence-corrected chi connectivity index (χ4v) is 5.70. The molecule has 3 heterocycles. The number of Topliss-reactive ketones (excluding diaryl/α,β-unsaturated/α-hetero) is 1. The van der Waals surface area contributed by atoms with Crippen LogP contribution >= 0.6 is 11.6 Å². The molecule has 0 saturated carbocycles. The number of nitrogens with zero attached hydrogens (tertiary/aromatic N) is 4. The van der Waals surface area contributed by atoms with Gasteiger partial charge in [0.15, 0.2) is 5.78 Å². The predicted octanol–water partition coefficient (Wildman–Crippen LogP) is 7.64. The average Bonchev–Trinajstić information content (AvgIpc) is 3.32. The summed E-state index contributed by atoms with van der Waals surface area (Å²) in [5.74, 6) is 0.596.